The highest BCUT2D eigenvalue weighted by molar-refractivity contribution is 7.16. The molecule has 0 radical (unpaired) electrons. The molecule has 0 aliphatic heterocycles. The van der Waals surface area contributed by atoms with Gasteiger partial charge in [-0.05, 0) is 49.2 Å². The Morgan fingerprint density at radius 3 is 2.85 bits per heavy atom. The Balaban J connectivity index is 1.41. The lowest BCUT2D eigenvalue weighted by Crippen LogP contribution is -2.41. The van der Waals surface area contributed by atoms with Crippen LogP contribution in [0.15, 0.2) is 18.5 Å². The van der Waals surface area contributed by atoms with Gasteiger partial charge in [0.05, 0.1) is 33.1 Å². The van der Waals surface area contributed by atoms with E-state index in [4.69, 9.17) is 11.6 Å². The van der Waals surface area contributed by atoms with Crippen LogP contribution in [-0.2, 0) is 4.79 Å². The molecule has 5 atom stereocenters. The maximum absolute atomic E-state index is 12.5. The highest BCUT2D eigenvalue weighted by Crippen LogP contribution is 2.67. The summed E-state index contributed by atoms with van der Waals surface area (Å²) in [4.78, 5) is 27.1. The van der Waals surface area contributed by atoms with Gasteiger partial charge in [0.1, 0.15) is 6.10 Å². The molecule has 3 fully saturated rings. The Morgan fingerprint density at radius 2 is 2.15 bits per heavy atom. The first-order valence-electron chi connectivity index (χ1n) is 11.3. The summed E-state index contributed by atoms with van der Waals surface area (Å²) in [5.41, 5.74) is 0.110. The van der Waals surface area contributed by atoms with Gasteiger partial charge in [-0.2, -0.15) is 0 Å². The number of imidazole rings is 1. The van der Waals surface area contributed by atoms with Gasteiger partial charge >= 0.3 is 0 Å². The summed E-state index contributed by atoms with van der Waals surface area (Å²) in [5.74, 6) is 7.14. The van der Waals surface area contributed by atoms with E-state index >= 15 is 0 Å². The van der Waals surface area contributed by atoms with Crippen LogP contribution >= 0.6 is 22.9 Å². The molecule has 176 valence electrons. The van der Waals surface area contributed by atoms with E-state index in [0.29, 0.717) is 39.5 Å². The summed E-state index contributed by atoms with van der Waals surface area (Å²) in [6.45, 7) is 0.791. The molecule has 11 heteroatoms. The van der Waals surface area contributed by atoms with E-state index in [2.05, 4.69) is 37.4 Å². The van der Waals surface area contributed by atoms with Crippen LogP contribution in [0.4, 0.5) is 5.82 Å². The third-order valence-corrected chi connectivity index (χ3v) is 8.34. The number of nitrogens with one attached hydrogen (secondary N) is 2. The van der Waals surface area contributed by atoms with Gasteiger partial charge in [0.25, 0.3) is 0 Å². The standard InChI is InChI=1S/C23H23ClN6O3S/c1-25-22(33)23-8-13(23)17(18(31)19(23)32)30-10-27-16-20(26-9-11-2-3-11)28-15(29-21(16)30)7-5-12-4-6-14(24)34-12/h4,6,10-11,13,17-19,31-32H,2-3,8-9H2,1H3,(H,25,33)(H,26,28,29)/t13?,17-,18?,19+,23-/m1/s1. The molecular weight excluding hydrogens is 476 g/mol. The van der Waals surface area contributed by atoms with Crippen molar-refractivity contribution in [1.29, 1.82) is 0 Å². The summed E-state index contributed by atoms with van der Waals surface area (Å²) in [6.07, 6.45) is 2.22. The number of carbonyl (C=O) groups is 1. The number of fused-ring (bicyclic) bond motifs is 2. The van der Waals surface area contributed by atoms with Crippen molar-refractivity contribution in [2.75, 3.05) is 18.9 Å². The predicted octanol–water partition coefficient (Wildman–Crippen LogP) is 1.79. The fourth-order valence-corrected chi connectivity index (χ4v) is 6.06. The van der Waals surface area contributed by atoms with Crippen LogP contribution in [0.25, 0.3) is 11.2 Å². The molecule has 1 amide bonds. The first kappa shape index (κ1) is 21.8. The number of nitrogens with zero attached hydrogens (tertiary/aromatic N) is 4. The molecule has 4 N–H and O–H groups in total. The molecule has 3 aromatic rings. The van der Waals surface area contributed by atoms with E-state index in [1.165, 1.54) is 24.2 Å². The van der Waals surface area contributed by atoms with Crippen LogP contribution in [0, 0.1) is 29.1 Å². The molecule has 3 aromatic heterocycles. The minimum atomic E-state index is -1.16. The van der Waals surface area contributed by atoms with E-state index in [1.54, 1.807) is 24.0 Å². The summed E-state index contributed by atoms with van der Waals surface area (Å²) < 4.78 is 2.42. The number of anilines is 1. The zero-order chi connectivity index (χ0) is 23.6. The smallest absolute Gasteiger partial charge is 0.229 e. The number of rotatable bonds is 5. The third kappa shape index (κ3) is 3.38. The molecule has 6 rings (SSSR count). The topological polar surface area (TPSA) is 125 Å². The summed E-state index contributed by atoms with van der Waals surface area (Å²) in [5, 5.41) is 27.7. The maximum atomic E-state index is 12.5. The van der Waals surface area contributed by atoms with Gasteiger partial charge in [-0.1, -0.05) is 11.6 Å². The Hall–Kier alpha value is -2.71. The number of carbonyl (C=O) groups excluding carboxylic acids is 1. The van der Waals surface area contributed by atoms with Crippen LogP contribution in [0.5, 0.6) is 0 Å². The molecule has 3 aliphatic carbocycles. The second kappa shape index (κ2) is 7.92. The van der Waals surface area contributed by atoms with Crippen LogP contribution < -0.4 is 10.6 Å². The molecule has 0 saturated heterocycles. The van der Waals surface area contributed by atoms with Gasteiger partial charge in [0.2, 0.25) is 11.7 Å². The molecule has 2 unspecified atom stereocenters. The predicted molar refractivity (Wildman–Crippen MR) is 128 cm³/mol. The third-order valence-electron chi connectivity index (χ3n) is 7.19. The zero-order valence-electron chi connectivity index (χ0n) is 18.3. The largest absolute Gasteiger partial charge is 0.389 e. The number of thiophene rings is 1. The molecule has 0 aromatic carbocycles. The first-order valence-corrected chi connectivity index (χ1v) is 12.5. The number of amides is 1. The Bertz CT molecular complexity index is 1360. The van der Waals surface area contributed by atoms with Gasteiger partial charge in [-0.25, -0.2) is 15.0 Å². The molecule has 3 heterocycles. The Kier molecular flexibility index (Phi) is 5.08. The average molecular weight is 499 g/mol. The lowest BCUT2D eigenvalue weighted by atomic mass is 9.98. The zero-order valence-corrected chi connectivity index (χ0v) is 19.9. The van der Waals surface area contributed by atoms with Crippen molar-refractivity contribution in [2.24, 2.45) is 17.3 Å². The number of halogens is 1. The minimum Gasteiger partial charge on any atom is -0.389 e. The van der Waals surface area contributed by atoms with Gasteiger partial charge < -0.3 is 25.4 Å². The van der Waals surface area contributed by atoms with E-state index < -0.39 is 23.7 Å². The normalized spacial score (nSPS) is 29.4. The molecule has 0 spiro atoms. The molecular formula is C23H23ClN6O3S. The maximum Gasteiger partial charge on any atom is 0.229 e. The highest BCUT2D eigenvalue weighted by atomic mass is 35.5. The number of hydrogen-bond acceptors (Lipinski definition) is 8. The number of aliphatic hydroxyl groups excluding tert-OH is 2. The Morgan fingerprint density at radius 1 is 1.32 bits per heavy atom. The van der Waals surface area contributed by atoms with Gasteiger partial charge in [0, 0.05) is 19.5 Å². The molecule has 3 saturated carbocycles. The summed E-state index contributed by atoms with van der Waals surface area (Å²) in [6, 6.07) is 3.11. The van der Waals surface area contributed by atoms with Crippen LogP contribution in [0.3, 0.4) is 0 Å². The summed E-state index contributed by atoms with van der Waals surface area (Å²) in [7, 11) is 1.54. The van der Waals surface area contributed by atoms with Gasteiger partial charge in [0.15, 0.2) is 17.0 Å². The van der Waals surface area contributed by atoms with E-state index in [-0.39, 0.29) is 11.8 Å². The van der Waals surface area contributed by atoms with E-state index in [1.807, 2.05) is 6.07 Å². The number of aromatic nitrogens is 4. The molecule has 9 nitrogen and oxygen atoms in total. The van der Waals surface area contributed by atoms with E-state index in [9.17, 15) is 15.0 Å². The van der Waals surface area contributed by atoms with Crippen LogP contribution in [0.1, 0.15) is 36.0 Å². The number of hydrogen-bond donors (Lipinski definition) is 4. The second-order valence-electron chi connectivity index (χ2n) is 9.25. The number of aliphatic hydroxyl groups is 2. The Labute approximate surface area is 204 Å². The summed E-state index contributed by atoms with van der Waals surface area (Å²) >= 11 is 7.39. The fraction of sp³-hybridized carbons (Fsp3) is 0.478. The van der Waals surface area contributed by atoms with Gasteiger partial charge in [-0.15, -0.1) is 11.3 Å². The van der Waals surface area contributed by atoms with Crippen molar-refractivity contribution in [3.05, 3.63) is 33.5 Å². The molecule has 34 heavy (non-hydrogen) atoms. The van der Waals surface area contributed by atoms with Crippen LogP contribution in [0.2, 0.25) is 4.34 Å². The van der Waals surface area contributed by atoms with Crippen molar-refractivity contribution in [2.45, 2.75) is 37.5 Å². The van der Waals surface area contributed by atoms with E-state index in [0.717, 1.165) is 11.4 Å². The van der Waals surface area contributed by atoms with Crippen molar-refractivity contribution in [3.63, 3.8) is 0 Å². The first-order chi connectivity index (χ1) is 16.4. The molecule has 0 bridgehead atoms. The van der Waals surface area contributed by atoms with Crippen molar-refractivity contribution in [3.8, 4) is 11.8 Å². The van der Waals surface area contributed by atoms with Gasteiger partial charge in [-0.3, -0.25) is 4.79 Å². The molecule has 3 aliphatic rings. The minimum absolute atomic E-state index is 0.213. The van der Waals surface area contributed by atoms with Crippen molar-refractivity contribution >= 4 is 45.8 Å². The second-order valence-corrected chi connectivity index (χ2v) is 11.0. The van der Waals surface area contributed by atoms with Crippen LogP contribution in [-0.4, -0.2) is 61.4 Å². The quantitative estimate of drug-likeness (QED) is 0.395. The monoisotopic (exact) mass is 498 g/mol. The van der Waals surface area contributed by atoms with Crippen molar-refractivity contribution < 1.29 is 15.0 Å². The lowest BCUT2D eigenvalue weighted by Gasteiger charge is -2.23. The highest BCUT2D eigenvalue weighted by Gasteiger charge is 2.75. The average Bonchev–Trinajstić information content (AvgIpc) is 3.70. The lowest BCUT2D eigenvalue weighted by molar-refractivity contribution is -0.132. The SMILES string of the molecule is CNC(=O)[C@]12CC1[C@@H](n1cnc3c(NCC4CC4)nc(C#Cc4ccc(Cl)s4)nc31)C(O)[C@@H]2O. The fourth-order valence-electron chi connectivity index (χ4n) is 5.16. The van der Waals surface area contributed by atoms with Crippen molar-refractivity contribution in [1.82, 2.24) is 24.8 Å².